The van der Waals surface area contributed by atoms with Crippen molar-refractivity contribution in [2.45, 2.75) is 51.2 Å². The zero-order valence-electron chi connectivity index (χ0n) is 11.3. The van der Waals surface area contributed by atoms with E-state index < -0.39 is 0 Å². The molecule has 1 amide bonds. The topological polar surface area (TPSA) is 35.6 Å². The second kappa shape index (κ2) is 5.36. The number of nitrogens with zero attached hydrogens (tertiary/aromatic N) is 2. The molecule has 1 N–H and O–H groups in total. The number of likely N-dealkylation sites (tertiary alicyclic amines) is 1. The molecule has 2 fully saturated rings. The summed E-state index contributed by atoms with van der Waals surface area (Å²) in [6, 6.07) is 1.22. The Balaban J connectivity index is 2.07. The summed E-state index contributed by atoms with van der Waals surface area (Å²) >= 11 is 0. The standard InChI is InChI=1S/C13H25N3O/c1-4-10-9-16(11(5-2)8-14-10)12-6-7-15(3)13(12)17/h10-12,14H,4-9H2,1-3H3. The zero-order chi connectivity index (χ0) is 12.4. The molecular weight excluding hydrogens is 214 g/mol. The van der Waals surface area contributed by atoms with Gasteiger partial charge in [0.2, 0.25) is 5.91 Å². The van der Waals surface area contributed by atoms with Gasteiger partial charge >= 0.3 is 0 Å². The highest BCUT2D eigenvalue weighted by atomic mass is 16.2. The van der Waals surface area contributed by atoms with Crippen molar-refractivity contribution in [3.63, 3.8) is 0 Å². The molecule has 17 heavy (non-hydrogen) atoms. The predicted molar refractivity (Wildman–Crippen MR) is 68.9 cm³/mol. The summed E-state index contributed by atoms with van der Waals surface area (Å²) < 4.78 is 0. The highest BCUT2D eigenvalue weighted by molar-refractivity contribution is 5.83. The van der Waals surface area contributed by atoms with Crippen molar-refractivity contribution in [1.29, 1.82) is 0 Å². The predicted octanol–water partition coefficient (Wildman–Crippen LogP) is 0.679. The number of piperazine rings is 1. The molecule has 4 heteroatoms. The van der Waals surface area contributed by atoms with Crippen LogP contribution in [0.2, 0.25) is 0 Å². The van der Waals surface area contributed by atoms with Crippen LogP contribution in [-0.2, 0) is 4.79 Å². The summed E-state index contributed by atoms with van der Waals surface area (Å²) in [6.07, 6.45) is 3.27. The summed E-state index contributed by atoms with van der Waals surface area (Å²) in [4.78, 5) is 16.5. The lowest BCUT2D eigenvalue weighted by molar-refractivity contribution is -0.132. The van der Waals surface area contributed by atoms with Crippen molar-refractivity contribution in [2.24, 2.45) is 0 Å². The molecule has 0 spiro atoms. The molecule has 98 valence electrons. The maximum atomic E-state index is 12.1. The SMILES string of the molecule is CCC1CN(C2CCN(C)C2=O)C(CC)CN1. The van der Waals surface area contributed by atoms with Gasteiger partial charge in [-0.25, -0.2) is 0 Å². The summed E-state index contributed by atoms with van der Waals surface area (Å²) in [5.41, 5.74) is 0. The Labute approximate surface area is 104 Å². The Morgan fingerprint density at radius 2 is 2.12 bits per heavy atom. The molecule has 3 atom stereocenters. The summed E-state index contributed by atoms with van der Waals surface area (Å²) in [7, 11) is 1.92. The van der Waals surface area contributed by atoms with Crippen LogP contribution in [0.25, 0.3) is 0 Å². The van der Waals surface area contributed by atoms with Crippen molar-refractivity contribution >= 4 is 5.91 Å². The maximum absolute atomic E-state index is 12.1. The Bertz CT molecular complexity index is 282. The minimum atomic E-state index is 0.140. The molecule has 2 heterocycles. The molecule has 0 saturated carbocycles. The molecule has 0 aromatic carbocycles. The van der Waals surface area contributed by atoms with Crippen molar-refractivity contribution in [2.75, 3.05) is 26.7 Å². The first-order valence-electron chi connectivity index (χ1n) is 6.91. The molecular formula is C13H25N3O. The monoisotopic (exact) mass is 239 g/mol. The molecule has 0 aliphatic carbocycles. The fraction of sp³-hybridized carbons (Fsp3) is 0.923. The molecule has 0 radical (unpaired) electrons. The van der Waals surface area contributed by atoms with Crippen LogP contribution in [0.4, 0.5) is 0 Å². The van der Waals surface area contributed by atoms with E-state index in [-0.39, 0.29) is 6.04 Å². The van der Waals surface area contributed by atoms with Crippen LogP contribution < -0.4 is 5.32 Å². The Hall–Kier alpha value is -0.610. The second-order valence-corrected chi connectivity index (χ2v) is 5.34. The smallest absolute Gasteiger partial charge is 0.239 e. The Kier molecular flexibility index (Phi) is 4.05. The number of hydrogen-bond acceptors (Lipinski definition) is 3. The average molecular weight is 239 g/mol. The van der Waals surface area contributed by atoms with Crippen LogP contribution in [-0.4, -0.2) is 60.5 Å². The van der Waals surface area contributed by atoms with E-state index >= 15 is 0 Å². The lowest BCUT2D eigenvalue weighted by Gasteiger charge is -2.42. The average Bonchev–Trinajstić information content (AvgIpc) is 2.69. The van der Waals surface area contributed by atoms with Crippen LogP contribution >= 0.6 is 0 Å². The van der Waals surface area contributed by atoms with Gasteiger partial charge in [0.1, 0.15) is 0 Å². The van der Waals surface area contributed by atoms with Crippen molar-refractivity contribution in [1.82, 2.24) is 15.1 Å². The van der Waals surface area contributed by atoms with E-state index in [1.54, 1.807) is 0 Å². The molecule has 0 bridgehead atoms. The Morgan fingerprint density at radius 1 is 1.35 bits per heavy atom. The van der Waals surface area contributed by atoms with E-state index in [1.165, 1.54) is 0 Å². The molecule has 0 aromatic rings. The quantitative estimate of drug-likeness (QED) is 0.786. The van der Waals surface area contributed by atoms with E-state index in [0.717, 1.165) is 38.9 Å². The third kappa shape index (κ3) is 2.47. The first kappa shape index (κ1) is 12.8. The number of amides is 1. The summed E-state index contributed by atoms with van der Waals surface area (Å²) in [6.45, 7) is 7.40. The molecule has 0 aromatic heterocycles. The number of nitrogens with one attached hydrogen (secondary N) is 1. The Morgan fingerprint density at radius 3 is 2.65 bits per heavy atom. The number of likely N-dealkylation sites (N-methyl/N-ethyl adjacent to an activating group) is 1. The summed E-state index contributed by atoms with van der Waals surface area (Å²) in [5.74, 6) is 0.320. The van der Waals surface area contributed by atoms with Gasteiger partial charge < -0.3 is 10.2 Å². The van der Waals surface area contributed by atoms with Crippen molar-refractivity contribution < 1.29 is 4.79 Å². The fourth-order valence-corrected chi connectivity index (χ4v) is 3.03. The number of carbonyl (C=O) groups is 1. The van der Waals surface area contributed by atoms with E-state index in [2.05, 4.69) is 24.1 Å². The van der Waals surface area contributed by atoms with E-state index in [0.29, 0.717) is 18.0 Å². The molecule has 2 aliphatic rings. The van der Waals surface area contributed by atoms with Crippen LogP contribution in [0.15, 0.2) is 0 Å². The molecule has 3 unspecified atom stereocenters. The van der Waals surface area contributed by atoms with Gasteiger partial charge in [0.15, 0.2) is 0 Å². The van der Waals surface area contributed by atoms with Gasteiger partial charge in [0.25, 0.3) is 0 Å². The highest BCUT2D eigenvalue weighted by Gasteiger charge is 2.39. The van der Waals surface area contributed by atoms with Gasteiger partial charge in [-0.3, -0.25) is 9.69 Å². The molecule has 2 saturated heterocycles. The first-order valence-corrected chi connectivity index (χ1v) is 6.91. The molecule has 2 rings (SSSR count). The normalized spacial score (nSPS) is 35.6. The maximum Gasteiger partial charge on any atom is 0.239 e. The van der Waals surface area contributed by atoms with E-state index in [1.807, 2.05) is 11.9 Å². The van der Waals surface area contributed by atoms with E-state index in [4.69, 9.17) is 0 Å². The van der Waals surface area contributed by atoms with Gasteiger partial charge in [-0.2, -0.15) is 0 Å². The number of rotatable bonds is 3. The first-order chi connectivity index (χ1) is 8.17. The zero-order valence-corrected chi connectivity index (χ0v) is 11.3. The second-order valence-electron chi connectivity index (χ2n) is 5.34. The van der Waals surface area contributed by atoms with E-state index in [9.17, 15) is 4.79 Å². The minimum absolute atomic E-state index is 0.140. The van der Waals surface area contributed by atoms with Crippen molar-refractivity contribution in [3.8, 4) is 0 Å². The van der Waals surface area contributed by atoms with Gasteiger partial charge in [0, 0.05) is 38.8 Å². The van der Waals surface area contributed by atoms with Crippen LogP contribution in [0, 0.1) is 0 Å². The van der Waals surface area contributed by atoms with Gasteiger partial charge in [-0.1, -0.05) is 13.8 Å². The number of hydrogen-bond donors (Lipinski definition) is 1. The largest absolute Gasteiger partial charge is 0.344 e. The van der Waals surface area contributed by atoms with Gasteiger partial charge in [0.05, 0.1) is 6.04 Å². The molecule has 2 aliphatic heterocycles. The van der Waals surface area contributed by atoms with Gasteiger partial charge in [-0.05, 0) is 19.3 Å². The lowest BCUT2D eigenvalue weighted by Crippen LogP contribution is -2.60. The third-order valence-corrected chi connectivity index (χ3v) is 4.31. The van der Waals surface area contributed by atoms with Crippen LogP contribution in [0.1, 0.15) is 33.1 Å². The van der Waals surface area contributed by atoms with Crippen LogP contribution in [0.3, 0.4) is 0 Å². The third-order valence-electron chi connectivity index (χ3n) is 4.31. The number of carbonyl (C=O) groups excluding carboxylic acids is 1. The van der Waals surface area contributed by atoms with Crippen molar-refractivity contribution in [3.05, 3.63) is 0 Å². The minimum Gasteiger partial charge on any atom is -0.344 e. The van der Waals surface area contributed by atoms with Gasteiger partial charge in [-0.15, -0.1) is 0 Å². The highest BCUT2D eigenvalue weighted by Crippen LogP contribution is 2.22. The fourth-order valence-electron chi connectivity index (χ4n) is 3.03. The lowest BCUT2D eigenvalue weighted by atomic mass is 10.0. The summed E-state index contributed by atoms with van der Waals surface area (Å²) in [5, 5.41) is 3.58. The van der Waals surface area contributed by atoms with Crippen LogP contribution in [0.5, 0.6) is 0 Å². The molecule has 4 nitrogen and oxygen atoms in total.